The summed E-state index contributed by atoms with van der Waals surface area (Å²) in [5.41, 5.74) is 0. The molecule has 2 heteroatoms. The first-order chi connectivity index (χ1) is 8.80. The van der Waals surface area contributed by atoms with E-state index in [2.05, 4.69) is 44.2 Å². The number of hydrogen-bond donors (Lipinski definition) is 0. The van der Waals surface area contributed by atoms with E-state index in [-0.39, 0.29) is 0 Å². The van der Waals surface area contributed by atoms with Crippen molar-refractivity contribution in [2.24, 2.45) is 0 Å². The second-order valence-corrected chi connectivity index (χ2v) is 9.33. The third kappa shape index (κ3) is 3.13. The molecule has 1 aromatic carbocycles. The van der Waals surface area contributed by atoms with E-state index in [0.717, 1.165) is 0 Å². The van der Waals surface area contributed by atoms with Gasteiger partial charge in [-0.15, -0.1) is 0 Å². The van der Waals surface area contributed by atoms with E-state index in [4.69, 9.17) is 4.52 Å². The van der Waals surface area contributed by atoms with Crippen LogP contribution in [0.1, 0.15) is 46.0 Å². The monoisotopic (exact) mass is 266 g/mol. The molecule has 0 atom stereocenters. The standard InChI is InChI=1S/C16H27OP/c1-3-13-18(14-4-2,17-15-9-8-10-15)16-11-6-5-7-12-16/h5-7,11-12,15,18H,3-4,8-10,13-14H2,1-2H3. The Morgan fingerprint density at radius 3 is 2.11 bits per heavy atom. The van der Waals surface area contributed by atoms with Gasteiger partial charge in [0, 0.05) is 0 Å². The van der Waals surface area contributed by atoms with E-state index >= 15 is 0 Å². The summed E-state index contributed by atoms with van der Waals surface area (Å²) in [7, 11) is -1.70. The molecule has 18 heavy (non-hydrogen) atoms. The van der Waals surface area contributed by atoms with Crippen LogP contribution in [0.25, 0.3) is 0 Å². The summed E-state index contributed by atoms with van der Waals surface area (Å²) in [6, 6.07) is 11.1. The average Bonchev–Trinajstić information content (AvgIpc) is 2.35. The summed E-state index contributed by atoms with van der Waals surface area (Å²) in [6.07, 6.45) is 9.55. The second kappa shape index (κ2) is 6.68. The minimum atomic E-state index is -1.70. The molecule has 1 fully saturated rings. The average molecular weight is 266 g/mol. The third-order valence-corrected chi connectivity index (χ3v) is 8.84. The third-order valence-electron chi connectivity index (χ3n) is 4.05. The van der Waals surface area contributed by atoms with E-state index in [1.807, 2.05) is 0 Å². The summed E-state index contributed by atoms with van der Waals surface area (Å²) in [4.78, 5) is 0. The molecule has 0 spiro atoms. The Hall–Kier alpha value is -0.390. The second-order valence-electron chi connectivity index (χ2n) is 5.53. The molecule has 0 amide bonds. The van der Waals surface area contributed by atoms with Gasteiger partial charge >= 0.3 is 112 Å². The molecule has 0 heterocycles. The predicted octanol–water partition coefficient (Wildman–Crippen LogP) is 4.37. The first-order valence-electron chi connectivity index (χ1n) is 7.54. The van der Waals surface area contributed by atoms with E-state index in [1.165, 1.54) is 49.7 Å². The Morgan fingerprint density at radius 2 is 1.67 bits per heavy atom. The Bertz CT molecular complexity index is 339. The zero-order valence-electron chi connectivity index (χ0n) is 11.8. The molecule has 0 N–H and O–H groups in total. The normalized spacial score (nSPS) is 17.4. The Morgan fingerprint density at radius 1 is 1.06 bits per heavy atom. The van der Waals surface area contributed by atoms with Gasteiger partial charge in [-0.1, -0.05) is 0 Å². The van der Waals surface area contributed by atoms with Gasteiger partial charge in [-0.3, -0.25) is 0 Å². The van der Waals surface area contributed by atoms with Crippen molar-refractivity contribution in [3.63, 3.8) is 0 Å². The maximum absolute atomic E-state index is 6.68. The van der Waals surface area contributed by atoms with Crippen molar-refractivity contribution >= 4 is 12.8 Å². The maximum atomic E-state index is 6.68. The van der Waals surface area contributed by atoms with E-state index in [0.29, 0.717) is 6.10 Å². The van der Waals surface area contributed by atoms with E-state index < -0.39 is 7.49 Å². The number of rotatable bonds is 7. The van der Waals surface area contributed by atoms with Crippen molar-refractivity contribution in [1.82, 2.24) is 0 Å². The number of benzene rings is 1. The zero-order chi connectivity index (χ0) is 12.8. The fourth-order valence-electron chi connectivity index (χ4n) is 2.96. The van der Waals surface area contributed by atoms with Crippen molar-refractivity contribution in [3.05, 3.63) is 30.3 Å². The van der Waals surface area contributed by atoms with Crippen LogP contribution in [0.2, 0.25) is 0 Å². The Labute approximate surface area is 112 Å². The topological polar surface area (TPSA) is 9.23 Å². The molecule has 0 bridgehead atoms. The molecule has 1 nitrogen and oxygen atoms in total. The first kappa shape index (κ1) is 14.0. The van der Waals surface area contributed by atoms with E-state index in [1.54, 1.807) is 0 Å². The van der Waals surface area contributed by atoms with Crippen LogP contribution in [0, 0.1) is 0 Å². The van der Waals surface area contributed by atoms with Crippen LogP contribution >= 0.6 is 7.49 Å². The van der Waals surface area contributed by atoms with Crippen LogP contribution in [0.5, 0.6) is 0 Å². The fraction of sp³-hybridized carbons (Fsp3) is 0.625. The van der Waals surface area contributed by atoms with Crippen LogP contribution in [-0.2, 0) is 4.52 Å². The van der Waals surface area contributed by atoms with Crippen molar-refractivity contribution < 1.29 is 4.52 Å². The van der Waals surface area contributed by atoms with Gasteiger partial charge in [0.2, 0.25) is 0 Å². The van der Waals surface area contributed by atoms with Gasteiger partial charge in [0.05, 0.1) is 0 Å². The van der Waals surface area contributed by atoms with Crippen molar-refractivity contribution in [2.75, 3.05) is 12.3 Å². The summed E-state index contributed by atoms with van der Waals surface area (Å²) in [6.45, 7) is 4.59. The van der Waals surface area contributed by atoms with Crippen LogP contribution in [0.4, 0.5) is 0 Å². The minimum absolute atomic E-state index is 0.565. The van der Waals surface area contributed by atoms with Gasteiger partial charge in [0.1, 0.15) is 0 Å². The number of hydrogen-bond acceptors (Lipinski definition) is 1. The van der Waals surface area contributed by atoms with Gasteiger partial charge in [-0.25, -0.2) is 0 Å². The van der Waals surface area contributed by atoms with Gasteiger partial charge in [-0.05, 0) is 0 Å². The van der Waals surface area contributed by atoms with Crippen LogP contribution < -0.4 is 5.30 Å². The van der Waals surface area contributed by atoms with Crippen molar-refractivity contribution in [3.8, 4) is 0 Å². The van der Waals surface area contributed by atoms with Gasteiger partial charge < -0.3 is 0 Å². The Kier molecular flexibility index (Phi) is 5.21. The summed E-state index contributed by atoms with van der Waals surface area (Å²) >= 11 is 0. The molecule has 0 unspecified atom stereocenters. The predicted molar refractivity (Wildman–Crippen MR) is 83.4 cm³/mol. The van der Waals surface area contributed by atoms with Gasteiger partial charge in [-0.2, -0.15) is 0 Å². The molecule has 2 rings (SSSR count). The van der Waals surface area contributed by atoms with E-state index in [9.17, 15) is 0 Å². The fourth-order valence-corrected chi connectivity index (χ4v) is 7.45. The molecule has 1 aromatic rings. The molecule has 1 saturated carbocycles. The van der Waals surface area contributed by atoms with Crippen LogP contribution in [0.15, 0.2) is 30.3 Å². The van der Waals surface area contributed by atoms with Crippen molar-refractivity contribution in [1.29, 1.82) is 0 Å². The molecule has 1 aliphatic rings. The molecule has 0 aromatic heterocycles. The first-order valence-corrected chi connectivity index (χ1v) is 9.86. The van der Waals surface area contributed by atoms with Gasteiger partial charge in [0.15, 0.2) is 0 Å². The molecule has 0 radical (unpaired) electrons. The molecule has 1 aliphatic carbocycles. The van der Waals surface area contributed by atoms with Gasteiger partial charge in [0.25, 0.3) is 0 Å². The zero-order valence-corrected chi connectivity index (χ0v) is 12.8. The SMILES string of the molecule is CCC[PH](CCC)(OC1CCC1)c1ccccc1. The van der Waals surface area contributed by atoms with Crippen molar-refractivity contribution in [2.45, 2.75) is 52.1 Å². The van der Waals surface area contributed by atoms with Crippen LogP contribution in [-0.4, -0.2) is 18.4 Å². The molecule has 102 valence electrons. The quantitative estimate of drug-likeness (QED) is 0.666. The molecule has 0 saturated heterocycles. The summed E-state index contributed by atoms with van der Waals surface area (Å²) in [5, 5.41) is 1.51. The molecular formula is C16H27OP. The summed E-state index contributed by atoms with van der Waals surface area (Å²) < 4.78 is 6.68. The Balaban J connectivity index is 2.22. The molecular weight excluding hydrogens is 239 g/mol. The van der Waals surface area contributed by atoms with Crippen LogP contribution in [0.3, 0.4) is 0 Å². The molecule has 0 aliphatic heterocycles. The summed E-state index contributed by atoms with van der Waals surface area (Å²) in [5.74, 6) is 0.